The molecule has 1 atom stereocenters. The molecule has 118 valence electrons. The van der Waals surface area contributed by atoms with Gasteiger partial charge in [0.2, 0.25) is 0 Å². The van der Waals surface area contributed by atoms with E-state index >= 15 is 0 Å². The van der Waals surface area contributed by atoms with Crippen molar-refractivity contribution >= 4 is 5.82 Å². The Morgan fingerprint density at radius 3 is 2.57 bits per heavy atom. The molecule has 1 saturated heterocycles. The Kier molecular flexibility index (Phi) is 5.14. The molecule has 1 aliphatic rings. The van der Waals surface area contributed by atoms with Crippen LogP contribution in [0.25, 0.3) is 0 Å². The smallest absolute Gasteiger partial charge is 0.163 e. The second kappa shape index (κ2) is 7.68. The number of ether oxygens (including phenoxy) is 1. The molecular formula is C17H19N5O. The number of hydrogen-bond acceptors (Lipinski definition) is 6. The summed E-state index contributed by atoms with van der Waals surface area (Å²) in [5.74, 6) is 0.679. The van der Waals surface area contributed by atoms with Crippen LogP contribution in [-0.4, -0.2) is 47.9 Å². The Morgan fingerprint density at radius 1 is 1.13 bits per heavy atom. The first-order valence-electron chi connectivity index (χ1n) is 7.71. The molecule has 1 fully saturated rings. The van der Waals surface area contributed by atoms with E-state index in [2.05, 4.69) is 44.7 Å². The number of benzene rings is 1. The van der Waals surface area contributed by atoms with Crippen LogP contribution in [0.15, 0.2) is 42.5 Å². The average Bonchev–Trinajstić information content (AvgIpc) is 2.64. The predicted molar refractivity (Wildman–Crippen MR) is 86.8 cm³/mol. The topological polar surface area (TPSA) is 74.1 Å². The molecule has 1 unspecified atom stereocenters. The summed E-state index contributed by atoms with van der Waals surface area (Å²) in [5.41, 5.74) is 1.59. The molecule has 6 heteroatoms. The average molecular weight is 309 g/mol. The highest BCUT2D eigenvalue weighted by Gasteiger charge is 2.22. The molecule has 0 aliphatic carbocycles. The summed E-state index contributed by atoms with van der Waals surface area (Å²) < 4.78 is 5.46. The molecule has 1 aromatic heterocycles. The lowest BCUT2D eigenvalue weighted by Crippen LogP contribution is -2.41. The van der Waals surface area contributed by atoms with Crippen LogP contribution in [-0.2, 0) is 4.74 Å². The van der Waals surface area contributed by atoms with Crippen LogP contribution >= 0.6 is 0 Å². The number of nitrogens with zero attached hydrogens (tertiary/aromatic N) is 4. The van der Waals surface area contributed by atoms with Gasteiger partial charge in [0, 0.05) is 19.6 Å². The number of nitrogens with one attached hydrogen (secondary N) is 1. The molecule has 6 nitrogen and oxygen atoms in total. The second-order valence-electron chi connectivity index (χ2n) is 5.37. The summed E-state index contributed by atoms with van der Waals surface area (Å²) in [7, 11) is 0. The van der Waals surface area contributed by atoms with E-state index in [1.165, 1.54) is 5.56 Å². The number of hydrogen-bond donors (Lipinski definition) is 1. The molecule has 0 bridgehead atoms. The number of nitriles is 1. The van der Waals surface area contributed by atoms with Crippen molar-refractivity contribution in [3.8, 4) is 6.07 Å². The molecule has 0 saturated carbocycles. The van der Waals surface area contributed by atoms with E-state index in [1.54, 1.807) is 12.1 Å². The lowest BCUT2D eigenvalue weighted by atomic mass is 10.0. The third kappa shape index (κ3) is 4.03. The van der Waals surface area contributed by atoms with E-state index in [0.29, 0.717) is 11.5 Å². The maximum absolute atomic E-state index is 8.77. The number of aromatic nitrogens is 2. The van der Waals surface area contributed by atoms with Crippen molar-refractivity contribution in [1.29, 1.82) is 5.26 Å². The molecule has 0 spiro atoms. The van der Waals surface area contributed by atoms with E-state index in [9.17, 15) is 0 Å². The normalized spacial score (nSPS) is 16.5. The summed E-state index contributed by atoms with van der Waals surface area (Å²) in [6, 6.07) is 16.1. The molecule has 23 heavy (non-hydrogen) atoms. The molecule has 1 aliphatic heterocycles. The van der Waals surface area contributed by atoms with Gasteiger partial charge >= 0.3 is 0 Å². The van der Waals surface area contributed by atoms with Crippen LogP contribution in [0.4, 0.5) is 5.82 Å². The first kappa shape index (κ1) is 15.4. The molecule has 2 aromatic rings. The van der Waals surface area contributed by atoms with Gasteiger partial charge in [0.05, 0.1) is 19.3 Å². The predicted octanol–water partition coefficient (Wildman–Crippen LogP) is 1.83. The minimum atomic E-state index is 0.248. The quantitative estimate of drug-likeness (QED) is 0.908. The minimum Gasteiger partial charge on any atom is -0.379 e. The maximum Gasteiger partial charge on any atom is 0.163 e. The lowest BCUT2D eigenvalue weighted by molar-refractivity contribution is 0.0187. The molecule has 3 rings (SSSR count). The standard InChI is InChI=1S/C17H19N5O/c18-12-15-6-7-17(21-20-15)19-13-16(14-4-2-1-3-5-14)22-8-10-23-11-9-22/h1-7,16H,8-11,13H2,(H,19,21). The summed E-state index contributed by atoms with van der Waals surface area (Å²) in [5, 5.41) is 20.0. The molecule has 1 N–H and O–H groups in total. The van der Waals surface area contributed by atoms with Gasteiger partial charge in [-0.25, -0.2) is 0 Å². The third-order valence-electron chi connectivity index (χ3n) is 3.93. The monoisotopic (exact) mass is 309 g/mol. The fourth-order valence-corrected chi connectivity index (χ4v) is 2.71. The maximum atomic E-state index is 8.77. The van der Waals surface area contributed by atoms with Crippen molar-refractivity contribution in [2.45, 2.75) is 6.04 Å². The first-order valence-corrected chi connectivity index (χ1v) is 7.71. The highest BCUT2D eigenvalue weighted by Crippen LogP contribution is 2.22. The summed E-state index contributed by atoms with van der Waals surface area (Å²) >= 11 is 0. The van der Waals surface area contributed by atoms with E-state index in [4.69, 9.17) is 10.00 Å². The SMILES string of the molecule is N#Cc1ccc(NCC(c2ccccc2)N2CCOCC2)nn1. The Hall–Kier alpha value is -2.49. The van der Waals surface area contributed by atoms with Gasteiger partial charge in [-0.3, -0.25) is 4.90 Å². The highest BCUT2D eigenvalue weighted by molar-refractivity contribution is 5.36. The lowest BCUT2D eigenvalue weighted by Gasteiger charge is -2.35. The summed E-state index contributed by atoms with van der Waals surface area (Å²) in [6.07, 6.45) is 0. The van der Waals surface area contributed by atoms with E-state index in [1.807, 2.05) is 12.1 Å². The molecule has 2 heterocycles. The van der Waals surface area contributed by atoms with Crippen LogP contribution < -0.4 is 5.32 Å². The van der Waals surface area contributed by atoms with Gasteiger partial charge in [-0.05, 0) is 17.7 Å². The second-order valence-corrected chi connectivity index (χ2v) is 5.37. The fraction of sp³-hybridized carbons (Fsp3) is 0.353. The Bertz CT molecular complexity index is 647. The zero-order valence-corrected chi connectivity index (χ0v) is 12.9. The summed E-state index contributed by atoms with van der Waals surface area (Å²) in [6.45, 7) is 4.09. The molecule has 0 radical (unpaired) electrons. The van der Waals surface area contributed by atoms with E-state index < -0.39 is 0 Å². The highest BCUT2D eigenvalue weighted by atomic mass is 16.5. The van der Waals surface area contributed by atoms with Gasteiger partial charge in [-0.1, -0.05) is 30.3 Å². The molecular weight excluding hydrogens is 290 g/mol. The summed E-state index contributed by atoms with van der Waals surface area (Å²) in [4.78, 5) is 2.42. The van der Waals surface area contributed by atoms with Crippen molar-refractivity contribution in [3.05, 3.63) is 53.7 Å². The van der Waals surface area contributed by atoms with Crippen molar-refractivity contribution in [3.63, 3.8) is 0 Å². The van der Waals surface area contributed by atoms with Gasteiger partial charge < -0.3 is 10.1 Å². The Balaban J connectivity index is 1.71. The van der Waals surface area contributed by atoms with Gasteiger partial charge in [0.25, 0.3) is 0 Å². The van der Waals surface area contributed by atoms with Crippen molar-refractivity contribution < 1.29 is 4.74 Å². The van der Waals surface area contributed by atoms with Crippen LogP contribution in [0.5, 0.6) is 0 Å². The van der Waals surface area contributed by atoms with Crippen molar-refractivity contribution in [1.82, 2.24) is 15.1 Å². The van der Waals surface area contributed by atoms with E-state index in [-0.39, 0.29) is 6.04 Å². The minimum absolute atomic E-state index is 0.248. The van der Waals surface area contributed by atoms with Crippen molar-refractivity contribution in [2.24, 2.45) is 0 Å². The Morgan fingerprint density at radius 2 is 1.91 bits per heavy atom. The van der Waals surface area contributed by atoms with Crippen LogP contribution in [0.1, 0.15) is 17.3 Å². The molecule has 1 aromatic carbocycles. The number of anilines is 1. The van der Waals surface area contributed by atoms with Crippen LogP contribution in [0, 0.1) is 11.3 Å². The molecule has 0 amide bonds. The third-order valence-corrected chi connectivity index (χ3v) is 3.93. The van der Waals surface area contributed by atoms with Crippen molar-refractivity contribution in [2.75, 3.05) is 38.2 Å². The number of morpholine rings is 1. The van der Waals surface area contributed by atoms with E-state index in [0.717, 1.165) is 32.8 Å². The number of rotatable bonds is 5. The van der Waals surface area contributed by atoms with Gasteiger partial charge in [0.1, 0.15) is 11.9 Å². The first-order chi connectivity index (χ1) is 11.4. The van der Waals surface area contributed by atoms with Gasteiger partial charge in [0.15, 0.2) is 5.69 Å². The van der Waals surface area contributed by atoms with Crippen LogP contribution in [0.3, 0.4) is 0 Å². The van der Waals surface area contributed by atoms with Crippen LogP contribution in [0.2, 0.25) is 0 Å². The van der Waals surface area contributed by atoms with Gasteiger partial charge in [-0.2, -0.15) is 5.26 Å². The fourth-order valence-electron chi connectivity index (χ4n) is 2.71. The zero-order valence-electron chi connectivity index (χ0n) is 12.9. The zero-order chi connectivity index (χ0) is 15.9. The largest absolute Gasteiger partial charge is 0.379 e. The van der Waals surface area contributed by atoms with Gasteiger partial charge in [-0.15, -0.1) is 10.2 Å². The Labute approximate surface area is 135 Å².